The maximum absolute atomic E-state index is 11.8. The predicted octanol–water partition coefficient (Wildman–Crippen LogP) is 0.645. The zero-order chi connectivity index (χ0) is 13.4. The third kappa shape index (κ3) is 2.25. The van der Waals surface area contributed by atoms with Gasteiger partial charge in [0.25, 0.3) is 0 Å². The number of aryl methyl sites for hydroxylation is 1. The summed E-state index contributed by atoms with van der Waals surface area (Å²) in [6, 6.07) is 7.67. The number of ether oxygens (including phenoxy) is 1. The van der Waals surface area contributed by atoms with Crippen LogP contribution in [-0.4, -0.2) is 41.5 Å². The molecule has 3 atom stereocenters. The average molecular weight is 263 g/mol. The molecule has 5 nitrogen and oxygen atoms in total. The van der Waals surface area contributed by atoms with E-state index in [9.17, 15) is 9.90 Å². The fourth-order valence-corrected chi connectivity index (χ4v) is 2.78. The molecule has 0 radical (unpaired) electrons. The lowest BCUT2D eigenvalue weighted by molar-refractivity contribution is -0.192. The molecule has 1 unspecified atom stereocenters. The summed E-state index contributed by atoms with van der Waals surface area (Å²) < 4.78 is 5.07. The fourth-order valence-electron chi connectivity index (χ4n) is 2.78. The summed E-state index contributed by atoms with van der Waals surface area (Å²) in [4.78, 5) is 17.4. The molecular weight excluding hydrogens is 246 g/mol. The molecule has 0 saturated carbocycles. The monoisotopic (exact) mass is 263 g/mol. The average Bonchev–Trinajstić information content (AvgIpc) is 2.92. The van der Waals surface area contributed by atoms with Gasteiger partial charge in [-0.2, -0.15) is 5.06 Å². The van der Waals surface area contributed by atoms with E-state index in [4.69, 9.17) is 9.57 Å². The number of nitrogens with zero attached hydrogens (tertiary/aromatic N) is 1. The summed E-state index contributed by atoms with van der Waals surface area (Å²) in [5.74, 6) is -0.323. The topological polar surface area (TPSA) is 59.0 Å². The van der Waals surface area contributed by atoms with Crippen LogP contribution in [0.25, 0.3) is 0 Å². The molecule has 0 amide bonds. The van der Waals surface area contributed by atoms with E-state index in [0.29, 0.717) is 13.2 Å². The van der Waals surface area contributed by atoms with E-state index in [2.05, 4.69) is 6.07 Å². The first-order valence-electron chi connectivity index (χ1n) is 6.45. The Bertz CT molecular complexity index is 490. The van der Waals surface area contributed by atoms with Crippen LogP contribution in [-0.2, 0) is 20.9 Å². The Morgan fingerprint density at radius 2 is 2.32 bits per heavy atom. The summed E-state index contributed by atoms with van der Waals surface area (Å²) in [6.45, 7) is 2.78. The van der Waals surface area contributed by atoms with Crippen molar-refractivity contribution in [2.75, 3.05) is 13.2 Å². The molecule has 2 aliphatic rings. The molecule has 0 bridgehead atoms. The number of benzene rings is 1. The Balaban J connectivity index is 1.79. The second-order valence-electron chi connectivity index (χ2n) is 5.13. The maximum Gasteiger partial charge on any atom is 0.326 e. The highest BCUT2D eigenvalue weighted by atomic mass is 16.7. The zero-order valence-electron chi connectivity index (χ0n) is 10.8. The van der Waals surface area contributed by atoms with Gasteiger partial charge in [0, 0.05) is 0 Å². The van der Waals surface area contributed by atoms with Crippen LogP contribution in [0.15, 0.2) is 24.3 Å². The van der Waals surface area contributed by atoms with Crippen molar-refractivity contribution in [2.24, 2.45) is 5.92 Å². The first kappa shape index (κ1) is 12.6. The Labute approximate surface area is 111 Å². The molecule has 1 aromatic rings. The van der Waals surface area contributed by atoms with Crippen molar-refractivity contribution in [2.45, 2.75) is 25.6 Å². The van der Waals surface area contributed by atoms with E-state index >= 15 is 0 Å². The van der Waals surface area contributed by atoms with Crippen LogP contribution < -0.4 is 0 Å². The zero-order valence-corrected chi connectivity index (χ0v) is 10.8. The molecule has 19 heavy (non-hydrogen) atoms. The van der Waals surface area contributed by atoms with E-state index in [1.165, 1.54) is 5.56 Å². The van der Waals surface area contributed by atoms with Crippen molar-refractivity contribution in [3.05, 3.63) is 35.4 Å². The van der Waals surface area contributed by atoms with Crippen LogP contribution in [0.4, 0.5) is 0 Å². The lowest BCUT2D eigenvalue weighted by Crippen LogP contribution is -2.34. The predicted molar refractivity (Wildman–Crippen MR) is 66.9 cm³/mol. The standard InChI is InChI=1S/C14H17NO4/c1-9-3-2-4-10(5-9)6-15-13-11(8-18-14(13)17)12(7-16)19-15/h2-5,11-13,16H,6-8H2,1H3/t11-,12?,13+/m1/s1. The molecule has 1 N–H and O–H groups in total. The summed E-state index contributed by atoms with van der Waals surface area (Å²) in [7, 11) is 0. The number of hydrogen-bond acceptors (Lipinski definition) is 5. The van der Waals surface area contributed by atoms with Gasteiger partial charge in [0.1, 0.15) is 12.1 Å². The molecule has 0 aromatic heterocycles. The quantitative estimate of drug-likeness (QED) is 0.811. The second kappa shape index (κ2) is 4.92. The number of rotatable bonds is 3. The first-order valence-corrected chi connectivity index (χ1v) is 6.45. The lowest BCUT2D eigenvalue weighted by atomic mass is 9.98. The molecule has 1 aromatic carbocycles. The van der Waals surface area contributed by atoms with Gasteiger partial charge in [-0.25, -0.2) is 0 Å². The Kier molecular flexibility index (Phi) is 3.26. The van der Waals surface area contributed by atoms with Crippen molar-refractivity contribution in [1.82, 2.24) is 5.06 Å². The number of hydrogen-bond donors (Lipinski definition) is 1. The summed E-state index contributed by atoms with van der Waals surface area (Å²) >= 11 is 0. The normalized spacial score (nSPS) is 30.4. The smallest absolute Gasteiger partial charge is 0.326 e. The highest BCUT2D eigenvalue weighted by Gasteiger charge is 2.52. The minimum atomic E-state index is -0.391. The largest absolute Gasteiger partial charge is 0.464 e. The minimum Gasteiger partial charge on any atom is -0.464 e. The third-order valence-corrected chi connectivity index (χ3v) is 3.72. The van der Waals surface area contributed by atoms with Crippen LogP contribution >= 0.6 is 0 Å². The van der Waals surface area contributed by atoms with Crippen LogP contribution in [0.5, 0.6) is 0 Å². The number of aliphatic hydroxyl groups excluding tert-OH is 1. The van der Waals surface area contributed by atoms with Crippen LogP contribution in [0, 0.1) is 12.8 Å². The molecule has 0 aliphatic carbocycles. The van der Waals surface area contributed by atoms with Gasteiger partial charge < -0.3 is 9.84 Å². The van der Waals surface area contributed by atoms with Gasteiger partial charge in [-0.15, -0.1) is 0 Å². The number of hydroxylamine groups is 2. The van der Waals surface area contributed by atoms with Crippen LogP contribution in [0.1, 0.15) is 11.1 Å². The van der Waals surface area contributed by atoms with Gasteiger partial charge in [0.15, 0.2) is 0 Å². The van der Waals surface area contributed by atoms with Gasteiger partial charge in [-0.05, 0) is 12.5 Å². The highest BCUT2D eigenvalue weighted by Crippen LogP contribution is 2.34. The summed E-state index contributed by atoms with van der Waals surface area (Å²) in [5.41, 5.74) is 2.25. The van der Waals surface area contributed by atoms with Gasteiger partial charge in [-0.1, -0.05) is 29.8 Å². The molecule has 2 aliphatic heterocycles. The van der Waals surface area contributed by atoms with Crippen molar-refractivity contribution < 1.29 is 19.5 Å². The Morgan fingerprint density at radius 3 is 3.05 bits per heavy atom. The molecule has 0 spiro atoms. The second-order valence-corrected chi connectivity index (χ2v) is 5.13. The molecule has 2 fully saturated rings. The molecule has 5 heteroatoms. The maximum atomic E-state index is 11.8. The highest BCUT2D eigenvalue weighted by molar-refractivity contribution is 5.78. The van der Waals surface area contributed by atoms with Crippen molar-refractivity contribution in [3.63, 3.8) is 0 Å². The van der Waals surface area contributed by atoms with Crippen molar-refractivity contribution in [1.29, 1.82) is 0 Å². The van der Waals surface area contributed by atoms with E-state index in [0.717, 1.165) is 5.56 Å². The van der Waals surface area contributed by atoms with Gasteiger partial charge in [0.05, 0.1) is 25.7 Å². The fraction of sp³-hybridized carbons (Fsp3) is 0.500. The Morgan fingerprint density at radius 1 is 1.47 bits per heavy atom. The molecule has 2 heterocycles. The van der Waals surface area contributed by atoms with Gasteiger partial charge in [-0.3, -0.25) is 9.63 Å². The number of aliphatic hydroxyl groups is 1. The number of fused-ring (bicyclic) bond motifs is 1. The number of esters is 1. The van der Waals surface area contributed by atoms with E-state index in [1.807, 2.05) is 25.1 Å². The van der Waals surface area contributed by atoms with Crippen LogP contribution in [0.2, 0.25) is 0 Å². The molecular formula is C14H17NO4. The third-order valence-electron chi connectivity index (χ3n) is 3.72. The van der Waals surface area contributed by atoms with Crippen molar-refractivity contribution >= 4 is 5.97 Å². The minimum absolute atomic E-state index is 0.0673. The Hall–Kier alpha value is -1.43. The molecule has 3 rings (SSSR count). The summed E-state index contributed by atoms with van der Waals surface area (Å²) in [6.07, 6.45) is -0.346. The first-order chi connectivity index (χ1) is 9.19. The summed E-state index contributed by atoms with van der Waals surface area (Å²) in [5, 5.41) is 11.0. The van der Waals surface area contributed by atoms with E-state index < -0.39 is 6.04 Å². The number of cyclic esters (lactones) is 1. The molecule has 102 valence electrons. The van der Waals surface area contributed by atoms with Gasteiger partial charge >= 0.3 is 5.97 Å². The lowest BCUT2D eigenvalue weighted by Gasteiger charge is -2.19. The molecule has 2 saturated heterocycles. The van der Waals surface area contributed by atoms with Crippen LogP contribution in [0.3, 0.4) is 0 Å². The van der Waals surface area contributed by atoms with Crippen molar-refractivity contribution in [3.8, 4) is 0 Å². The number of carbonyl (C=O) groups is 1. The number of carbonyl (C=O) groups excluding carboxylic acids is 1. The SMILES string of the molecule is Cc1cccc(CN2OC(CO)[C@H]3COC(=O)[C@H]32)c1. The van der Waals surface area contributed by atoms with E-state index in [1.54, 1.807) is 5.06 Å². The van der Waals surface area contributed by atoms with E-state index in [-0.39, 0.29) is 24.6 Å². The van der Waals surface area contributed by atoms with Gasteiger partial charge in [0.2, 0.25) is 0 Å².